The number of carboxylic acid groups (broad SMARTS) is 1. The Morgan fingerprint density at radius 2 is 2.26 bits per heavy atom. The van der Waals surface area contributed by atoms with Crippen LogP contribution in [-0.4, -0.2) is 20.9 Å². The number of nitrogens with one attached hydrogen (secondary N) is 1. The van der Waals surface area contributed by atoms with Crippen molar-refractivity contribution in [2.75, 3.05) is 11.1 Å². The van der Waals surface area contributed by atoms with Gasteiger partial charge in [0.2, 0.25) is 0 Å². The number of hydrogen-bond acceptors (Lipinski definition) is 4. The van der Waals surface area contributed by atoms with Crippen molar-refractivity contribution in [3.8, 4) is 0 Å². The van der Waals surface area contributed by atoms with Crippen LogP contribution < -0.4 is 11.1 Å². The Morgan fingerprint density at radius 1 is 1.47 bits per heavy atom. The Hall–Kier alpha value is -2.50. The zero-order chi connectivity index (χ0) is 13.8. The van der Waals surface area contributed by atoms with Gasteiger partial charge >= 0.3 is 5.97 Å². The Balaban J connectivity index is 2.05. The highest BCUT2D eigenvalue weighted by atomic mass is 16.4. The molecule has 0 amide bonds. The summed E-state index contributed by atoms with van der Waals surface area (Å²) in [6.07, 6.45) is 1.91. The molecule has 19 heavy (non-hydrogen) atoms. The molecule has 100 valence electrons. The van der Waals surface area contributed by atoms with Crippen LogP contribution in [0.1, 0.15) is 23.0 Å². The van der Waals surface area contributed by atoms with E-state index in [4.69, 9.17) is 10.8 Å². The molecule has 6 nitrogen and oxygen atoms in total. The number of nitrogens with zero attached hydrogens (tertiary/aromatic N) is 2. The SMILES string of the molecule is CCn1ccc(CNc2ccc(C(=O)O)cc2N)n1. The summed E-state index contributed by atoms with van der Waals surface area (Å²) in [6, 6.07) is 6.55. The summed E-state index contributed by atoms with van der Waals surface area (Å²) < 4.78 is 1.84. The van der Waals surface area contributed by atoms with E-state index in [1.165, 1.54) is 12.1 Å². The molecule has 1 aromatic carbocycles. The standard InChI is InChI=1S/C13H16N4O2/c1-2-17-6-5-10(16-17)8-15-12-4-3-9(13(18)19)7-11(12)14/h3-7,15H,2,8,14H2,1H3,(H,18,19). The molecular formula is C13H16N4O2. The van der Waals surface area contributed by atoms with Gasteiger partial charge in [-0.2, -0.15) is 5.10 Å². The molecule has 1 aromatic heterocycles. The summed E-state index contributed by atoms with van der Waals surface area (Å²) in [7, 11) is 0. The summed E-state index contributed by atoms with van der Waals surface area (Å²) >= 11 is 0. The molecule has 0 unspecified atom stereocenters. The van der Waals surface area contributed by atoms with Crippen molar-refractivity contribution in [1.29, 1.82) is 0 Å². The average molecular weight is 260 g/mol. The van der Waals surface area contributed by atoms with E-state index in [1.807, 2.05) is 23.9 Å². The van der Waals surface area contributed by atoms with Gasteiger partial charge in [-0.05, 0) is 31.2 Å². The Kier molecular flexibility index (Phi) is 3.70. The van der Waals surface area contributed by atoms with Gasteiger partial charge < -0.3 is 16.2 Å². The molecule has 0 atom stereocenters. The summed E-state index contributed by atoms with van der Waals surface area (Å²) in [6.45, 7) is 3.39. The van der Waals surface area contributed by atoms with E-state index in [9.17, 15) is 4.79 Å². The molecule has 0 aliphatic carbocycles. The molecule has 2 rings (SSSR count). The normalized spacial score (nSPS) is 10.4. The van der Waals surface area contributed by atoms with Crippen LogP contribution in [0, 0.1) is 0 Å². The second-order valence-electron chi connectivity index (χ2n) is 4.12. The molecular weight excluding hydrogens is 244 g/mol. The van der Waals surface area contributed by atoms with Gasteiger partial charge in [-0.3, -0.25) is 4.68 Å². The van der Waals surface area contributed by atoms with Crippen LogP contribution in [0.3, 0.4) is 0 Å². The highest BCUT2D eigenvalue weighted by molar-refractivity contribution is 5.90. The van der Waals surface area contributed by atoms with Gasteiger partial charge in [0.05, 0.1) is 29.2 Å². The molecule has 0 aliphatic rings. The van der Waals surface area contributed by atoms with Gasteiger partial charge in [-0.15, -0.1) is 0 Å². The first kappa shape index (κ1) is 12.9. The highest BCUT2D eigenvalue weighted by Gasteiger charge is 2.06. The molecule has 1 heterocycles. The number of anilines is 2. The Morgan fingerprint density at radius 3 is 2.84 bits per heavy atom. The predicted molar refractivity (Wildman–Crippen MR) is 73.0 cm³/mol. The molecule has 6 heteroatoms. The predicted octanol–water partition coefficient (Wildman–Crippen LogP) is 1.80. The number of hydrogen-bond donors (Lipinski definition) is 3. The van der Waals surface area contributed by atoms with Gasteiger partial charge in [0.25, 0.3) is 0 Å². The third-order valence-corrected chi connectivity index (χ3v) is 2.78. The van der Waals surface area contributed by atoms with Crippen molar-refractivity contribution in [2.24, 2.45) is 0 Å². The van der Waals surface area contributed by atoms with Gasteiger partial charge in [-0.25, -0.2) is 4.79 Å². The minimum atomic E-state index is -0.986. The number of aryl methyl sites for hydroxylation is 1. The number of nitrogens with two attached hydrogens (primary N) is 1. The number of aromatic carboxylic acids is 1. The number of benzene rings is 1. The first-order valence-electron chi connectivity index (χ1n) is 5.99. The minimum Gasteiger partial charge on any atom is -0.478 e. The quantitative estimate of drug-likeness (QED) is 0.713. The monoisotopic (exact) mass is 260 g/mol. The first-order valence-corrected chi connectivity index (χ1v) is 5.99. The average Bonchev–Trinajstić information content (AvgIpc) is 2.85. The number of carbonyl (C=O) groups is 1. The molecule has 4 N–H and O–H groups in total. The Labute approximate surface area is 110 Å². The zero-order valence-corrected chi connectivity index (χ0v) is 10.6. The molecule has 0 radical (unpaired) electrons. The number of carboxylic acids is 1. The van der Waals surface area contributed by atoms with Gasteiger partial charge in [0.15, 0.2) is 0 Å². The Bertz CT molecular complexity index is 592. The maximum absolute atomic E-state index is 10.8. The molecule has 0 saturated heterocycles. The van der Waals surface area contributed by atoms with Gasteiger partial charge in [0.1, 0.15) is 0 Å². The van der Waals surface area contributed by atoms with E-state index < -0.39 is 5.97 Å². The summed E-state index contributed by atoms with van der Waals surface area (Å²) in [5.41, 5.74) is 8.00. The van der Waals surface area contributed by atoms with Crippen molar-refractivity contribution in [3.05, 3.63) is 41.7 Å². The minimum absolute atomic E-state index is 0.179. The smallest absolute Gasteiger partial charge is 0.335 e. The van der Waals surface area contributed by atoms with Crippen molar-refractivity contribution in [1.82, 2.24) is 9.78 Å². The van der Waals surface area contributed by atoms with Crippen molar-refractivity contribution in [2.45, 2.75) is 20.0 Å². The fourth-order valence-electron chi connectivity index (χ4n) is 1.72. The van der Waals surface area contributed by atoms with E-state index in [-0.39, 0.29) is 5.56 Å². The molecule has 2 aromatic rings. The lowest BCUT2D eigenvalue weighted by Gasteiger charge is -2.08. The lowest BCUT2D eigenvalue weighted by molar-refractivity contribution is 0.0697. The lowest BCUT2D eigenvalue weighted by atomic mass is 10.1. The largest absolute Gasteiger partial charge is 0.478 e. The maximum atomic E-state index is 10.8. The third kappa shape index (κ3) is 3.04. The van der Waals surface area contributed by atoms with E-state index in [0.717, 1.165) is 12.2 Å². The molecule has 0 spiro atoms. The van der Waals surface area contributed by atoms with Crippen molar-refractivity contribution < 1.29 is 9.90 Å². The summed E-state index contributed by atoms with van der Waals surface area (Å²) in [5, 5.41) is 16.3. The van der Waals surface area contributed by atoms with Crippen molar-refractivity contribution >= 4 is 17.3 Å². The van der Waals surface area contributed by atoms with E-state index in [2.05, 4.69) is 10.4 Å². The van der Waals surface area contributed by atoms with Gasteiger partial charge in [0, 0.05) is 12.7 Å². The van der Waals surface area contributed by atoms with Crippen LogP contribution in [0.5, 0.6) is 0 Å². The van der Waals surface area contributed by atoms with Crippen LogP contribution in [0.4, 0.5) is 11.4 Å². The maximum Gasteiger partial charge on any atom is 0.335 e. The summed E-state index contributed by atoms with van der Waals surface area (Å²) in [5.74, 6) is -0.986. The van der Waals surface area contributed by atoms with E-state index in [1.54, 1.807) is 6.07 Å². The highest BCUT2D eigenvalue weighted by Crippen LogP contribution is 2.20. The number of nitrogen functional groups attached to an aromatic ring is 1. The number of aromatic nitrogens is 2. The lowest BCUT2D eigenvalue weighted by Crippen LogP contribution is -2.05. The number of rotatable bonds is 5. The third-order valence-electron chi connectivity index (χ3n) is 2.78. The molecule has 0 fully saturated rings. The first-order chi connectivity index (χ1) is 9.10. The molecule has 0 bridgehead atoms. The topological polar surface area (TPSA) is 93.2 Å². The van der Waals surface area contributed by atoms with E-state index >= 15 is 0 Å². The fourth-order valence-corrected chi connectivity index (χ4v) is 1.72. The molecule has 0 saturated carbocycles. The fraction of sp³-hybridized carbons (Fsp3) is 0.231. The van der Waals surface area contributed by atoms with E-state index in [0.29, 0.717) is 17.9 Å². The van der Waals surface area contributed by atoms with Gasteiger partial charge in [-0.1, -0.05) is 0 Å². The second kappa shape index (κ2) is 5.43. The van der Waals surface area contributed by atoms with Crippen LogP contribution in [-0.2, 0) is 13.1 Å². The summed E-state index contributed by atoms with van der Waals surface area (Å²) in [4.78, 5) is 10.8. The molecule has 0 aliphatic heterocycles. The van der Waals surface area contributed by atoms with Crippen LogP contribution in [0.15, 0.2) is 30.5 Å². The van der Waals surface area contributed by atoms with Crippen LogP contribution >= 0.6 is 0 Å². The van der Waals surface area contributed by atoms with Crippen LogP contribution in [0.2, 0.25) is 0 Å². The second-order valence-corrected chi connectivity index (χ2v) is 4.12. The zero-order valence-electron chi connectivity index (χ0n) is 10.6. The van der Waals surface area contributed by atoms with Crippen LogP contribution in [0.25, 0.3) is 0 Å². The van der Waals surface area contributed by atoms with Crippen molar-refractivity contribution in [3.63, 3.8) is 0 Å².